The number of nitrogens with zero attached hydrogens (tertiary/aromatic N) is 3. The summed E-state index contributed by atoms with van der Waals surface area (Å²) in [7, 11) is 0. The van der Waals surface area contributed by atoms with Crippen molar-refractivity contribution < 1.29 is 9.21 Å². The molecule has 1 aliphatic rings. The molecule has 3 heterocycles. The first kappa shape index (κ1) is 22.1. The smallest absolute Gasteiger partial charge is 0.277 e. The molecule has 0 fully saturated rings. The van der Waals surface area contributed by atoms with Crippen LogP contribution in [0.25, 0.3) is 10.8 Å². The van der Waals surface area contributed by atoms with Crippen LogP contribution in [0, 0.1) is 22.7 Å². The minimum absolute atomic E-state index is 0.144. The number of carbonyl (C=O) groups excluding carboxylic acids is 1. The Morgan fingerprint density at radius 3 is 3.00 bits per heavy atom. The fraction of sp³-hybridized carbons (Fsp3) is 0.455. The van der Waals surface area contributed by atoms with E-state index in [-0.39, 0.29) is 17.1 Å². The minimum Gasteiger partial charge on any atom is -0.410 e. The number of nitrogens with one attached hydrogen (secondary N) is 1. The highest BCUT2D eigenvalue weighted by atomic mass is 32.2. The van der Waals surface area contributed by atoms with Gasteiger partial charge in [-0.2, -0.15) is 5.26 Å². The van der Waals surface area contributed by atoms with Gasteiger partial charge in [-0.05, 0) is 47.6 Å². The number of amides is 1. The van der Waals surface area contributed by atoms with Gasteiger partial charge in [-0.15, -0.1) is 32.9 Å². The highest BCUT2D eigenvalue weighted by Gasteiger charge is 2.34. The Morgan fingerprint density at radius 1 is 1.45 bits per heavy atom. The largest absolute Gasteiger partial charge is 0.410 e. The summed E-state index contributed by atoms with van der Waals surface area (Å²) in [6, 6.07) is 6.15. The Balaban J connectivity index is 1.40. The third-order valence-electron chi connectivity index (χ3n) is 6.11. The van der Waals surface area contributed by atoms with Crippen molar-refractivity contribution in [1.82, 2.24) is 10.2 Å². The van der Waals surface area contributed by atoms with Gasteiger partial charge in [-0.1, -0.05) is 45.0 Å². The fourth-order valence-corrected chi connectivity index (χ4v) is 6.31. The first-order valence-corrected chi connectivity index (χ1v) is 12.9. The van der Waals surface area contributed by atoms with Crippen LogP contribution in [0.4, 0.5) is 5.00 Å². The van der Waals surface area contributed by atoms with E-state index in [9.17, 15) is 10.1 Å². The summed E-state index contributed by atoms with van der Waals surface area (Å²) in [6.45, 7) is 6.88. The maximum absolute atomic E-state index is 12.5. The maximum atomic E-state index is 12.5. The molecule has 0 aromatic carbocycles. The van der Waals surface area contributed by atoms with Crippen LogP contribution in [-0.4, -0.2) is 21.9 Å². The Kier molecular flexibility index (Phi) is 6.51. The third-order valence-corrected chi connectivity index (χ3v) is 8.96. The number of nitriles is 1. The average molecular weight is 473 g/mol. The number of rotatable bonds is 7. The van der Waals surface area contributed by atoms with E-state index in [1.165, 1.54) is 28.0 Å². The molecular weight excluding hydrogens is 448 g/mol. The SMILES string of the molecule is CCC(C)(C)C1CCc2c(sc(NC(=O)CSc3nnc(-c4cccs4)o3)c2C#N)C1. The van der Waals surface area contributed by atoms with E-state index in [1.54, 1.807) is 11.3 Å². The van der Waals surface area contributed by atoms with Crippen molar-refractivity contribution >= 4 is 45.3 Å². The van der Waals surface area contributed by atoms with Crippen LogP contribution >= 0.6 is 34.4 Å². The second kappa shape index (κ2) is 9.15. The van der Waals surface area contributed by atoms with E-state index in [0.29, 0.717) is 27.6 Å². The number of thiophene rings is 2. The average Bonchev–Trinajstić information content (AvgIpc) is 3.50. The minimum atomic E-state index is -0.179. The lowest BCUT2D eigenvalue weighted by molar-refractivity contribution is -0.113. The Labute approximate surface area is 194 Å². The number of fused-ring (bicyclic) bond motifs is 1. The molecule has 0 saturated carbocycles. The van der Waals surface area contributed by atoms with Crippen LogP contribution in [0.5, 0.6) is 0 Å². The molecule has 1 unspecified atom stereocenters. The van der Waals surface area contributed by atoms with Gasteiger partial charge in [-0.3, -0.25) is 4.79 Å². The highest BCUT2D eigenvalue weighted by Crippen LogP contribution is 2.45. The molecule has 31 heavy (non-hydrogen) atoms. The molecule has 162 valence electrons. The second-order valence-electron chi connectivity index (χ2n) is 8.29. The number of hydrogen-bond acceptors (Lipinski definition) is 8. The molecule has 3 aromatic rings. The molecule has 1 N–H and O–H groups in total. The molecule has 4 rings (SSSR count). The van der Waals surface area contributed by atoms with Crippen molar-refractivity contribution in [3.8, 4) is 16.8 Å². The van der Waals surface area contributed by atoms with Crippen LogP contribution in [0.2, 0.25) is 0 Å². The maximum Gasteiger partial charge on any atom is 0.277 e. The van der Waals surface area contributed by atoms with Gasteiger partial charge in [0.15, 0.2) is 0 Å². The molecule has 0 saturated heterocycles. The van der Waals surface area contributed by atoms with Crippen molar-refractivity contribution in [1.29, 1.82) is 5.26 Å². The topological polar surface area (TPSA) is 91.8 Å². The summed E-state index contributed by atoms with van der Waals surface area (Å²) >= 11 is 4.27. The standard InChI is InChI=1S/C22H24N4O2S3/c1-4-22(2,3)13-7-8-14-15(11-23)20(31-17(14)10-13)24-18(27)12-30-21-26-25-19(28-21)16-6-5-9-29-16/h5-6,9,13H,4,7-8,10,12H2,1-3H3,(H,24,27). The lowest BCUT2D eigenvalue weighted by Crippen LogP contribution is -2.28. The summed E-state index contributed by atoms with van der Waals surface area (Å²) < 4.78 is 5.62. The van der Waals surface area contributed by atoms with E-state index in [1.807, 2.05) is 17.5 Å². The van der Waals surface area contributed by atoms with Crippen LogP contribution in [0.1, 0.15) is 49.6 Å². The van der Waals surface area contributed by atoms with Gasteiger partial charge in [0.25, 0.3) is 11.1 Å². The Morgan fingerprint density at radius 2 is 2.29 bits per heavy atom. The predicted molar refractivity (Wildman–Crippen MR) is 126 cm³/mol. The summed E-state index contributed by atoms with van der Waals surface area (Å²) in [6.07, 6.45) is 4.11. The number of thioether (sulfide) groups is 1. The number of carbonyl (C=O) groups is 1. The number of aromatic nitrogens is 2. The zero-order valence-electron chi connectivity index (χ0n) is 17.7. The molecule has 0 bridgehead atoms. The predicted octanol–water partition coefficient (Wildman–Crippen LogP) is 6.00. The molecule has 6 nitrogen and oxygen atoms in total. The van der Waals surface area contributed by atoms with E-state index in [4.69, 9.17) is 4.42 Å². The second-order valence-corrected chi connectivity index (χ2v) is 11.3. The molecule has 0 spiro atoms. The molecule has 1 atom stereocenters. The van der Waals surface area contributed by atoms with Crippen molar-refractivity contribution in [2.75, 3.05) is 11.1 Å². The first-order chi connectivity index (χ1) is 14.9. The van der Waals surface area contributed by atoms with Gasteiger partial charge in [0.1, 0.15) is 11.1 Å². The van der Waals surface area contributed by atoms with Crippen molar-refractivity contribution in [3.63, 3.8) is 0 Å². The summed E-state index contributed by atoms with van der Waals surface area (Å²) in [5.74, 6) is 1.02. The van der Waals surface area contributed by atoms with E-state index in [2.05, 4.69) is 42.4 Å². The van der Waals surface area contributed by atoms with Gasteiger partial charge in [0.2, 0.25) is 5.91 Å². The zero-order valence-corrected chi connectivity index (χ0v) is 20.2. The number of anilines is 1. The molecule has 9 heteroatoms. The van der Waals surface area contributed by atoms with Gasteiger partial charge >= 0.3 is 0 Å². The molecule has 0 radical (unpaired) electrons. The van der Waals surface area contributed by atoms with Gasteiger partial charge in [-0.25, -0.2) is 0 Å². The summed E-state index contributed by atoms with van der Waals surface area (Å²) in [5.41, 5.74) is 2.03. The van der Waals surface area contributed by atoms with E-state index in [0.717, 1.165) is 36.1 Å². The van der Waals surface area contributed by atoms with Gasteiger partial charge in [0.05, 0.1) is 16.2 Å². The molecule has 1 amide bonds. The molecule has 3 aromatic heterocycles. The Hall–Kier alpha value is -2.15. The van der Waals surface area contributed by atoms with Gasteiger partial charge in [0, 0.05) is 4.88 Å². The summed E-state index contributed by atoms with van der Waals surface area (Å²) in [4.78, 5) is 14.7. The van der Waals surface area contributed by atoms with Crippen molar-refractivity contribution in [2.45, 2.75) is 51.7 Å². The third kappa shape index (κ3) is 4.71. The van der Waals surface area contributed by atoms with Crippen molar-refractivity contribution in [3.05, 3.63) is 33.5 Å². The van der Waals surface area contributed by atoms with Gasteiger partial charge < -0.3 is 9.73 Å². The molecule has 1 aliphatic carbocycles. The first-order valence-electron chi connectivity index (χ1n) is 10.3. The van der Waals surface area contributed by atoms with E-state index >= 15 is 0 Å². The highest BCUT2D eigenvalue weighted by molar-refractivity contribution is 7.99. The summed E-state index contributed by atoms with van der Waals surface area (Å²) in [5, 5.41) is 23.6. The zero-order chi connectivity index (χ0) is 22.0. The quantitative estimate of drug-likeness (QED) is 0.424. The molecular formula is C22H24N4O2S3. The van der Waals surface area contributed by atoms with Crippen LogP contribution < -0.4 is 5.32 Å². The van der Waals surface area contributed by atoms with Crippen molar-refractivity contribution in [2.24, 2.45) is 11.3 Å². The fourth-order valence-electron chi connectivity index (χ4n) is 3.81. The lowest BCUT2D eigenvalue weighted by atomic mass is 9.69. The monoisotopic (exact) mass is 472 g/mol. The number of hydrogen-bond donors (Lipinski definition) is 1. The van der Waals surface area contributed by atoms with Crippen LogP contribution in [0.3, 0.4) is 0 Å². The van der Waals surface area contributed by atoms with E-state index < -0.39 is 0 Å². The normalized spacial score (nSPS) is 16.0. The van der Waals surface area contributed by atoms with Crippen LogP contribution in [0.15, 0.2) is 27.2 Å². The lowest BCUT2D eigenvalue weighted by Gasteiger charge is -2.36. The van der Waals surface area contributed by atoms with Crippen LogP contribution in [-0.2, 0) is 17.6 Å². The molecule has 0 aliphatic heterocycles. The Bertz CT molecular complexity index is 1110.